The van der Waals surface area contributed by atoms with Crippen LogP contribution < -0.4 is 0 Å². The minimum atomic E-state index is -0.592. The van der Waals surface area contributed by atoms with Gasteiger partial charge in [-0.2, -0.15) is 0 Å². The van der Waals surface area contributed by atoms with Gasteiger partial charge in [0.2, 0.25) is 0 Å². The van der Waals surface area contributed by atoms with Crippen LogP contribution in [-0.4, -0.2) is 9.97 Å². The molecule has 3 aromatic carbocycles. The van der Waals surface area contributed by atoms with Crippen molar-refractivity contribution < 1.29 is 0 Å². The Morgan fingerprint density at radius 2 is 1.31 bits per heavy atom. The van der Waals surface area contributed by atoms with Gasteiger partial charge in [0.05, 0.1) is 11.1 Å². The molecule has 0 spiro atoms. The fraction of sp³-hybridized carbons (Fsp3) is 0.0870. The Morgan fingerprint density at radius 1 is 0.769 bits per heavy atom. The van der Waals surface area contributed by atoms with Crippen molar-refractivity contribution in [3.63, 3.8) is 0 Å². The molecule has 2 nitrogen and oxygen atoms in total. The molecular formula is C23H19ClN2. The quantitative estimate of drug-likeness (QED) is 0.462. The Morgan fingerprint density at radius 3 is 1.81 bits per heavy atom. The fourth-order valence-corrected chi connectivity index (χ4v) is 3.94. The summed E-state index contributed by atoms with van der Waals surface area (Å²) in [5, 5.41) is 0.723. The fourth-order valence-electron chi connectivity index (χ4n) is 3.66. The van der Waals surface area contributed by atoms with Gasteiger partial charge in [-0.05, 0) is 29.7 Å². The molecule has 0 atom stereocenters. The lowest BCUT2D eigenvalue weighted by molar-refractivity contribution is 0.718. The van der Waals surface area contributed by atoms with Crippen LogP contribution in [0.3, 0.4) is 0 Å². The number of aryl methyl sites for hydroxylation is 1. The number of aromatic amines is 1. The molecule has 0 aliphatic carbocycles. The van der Waals surface area contributed by atoms with E-state index < -0.39 is 5.41 Å². The number of benzene rings is 3. The highest BCUT2D eigenvalue weighted by Gasteiger charge is 2.41. The number of nitrogens with one attached hydrogen (secondary N) is 1. The molecule has 0 saturated carbocycles. The van der Waals surface area contributed by atoms with Gasteiger partial charge in [-0.1, -0.05) is 90.5 Å². The topological polar surface area (TPSA) is 28.7 Å². The molecular weight excluding hydrogens is 340 g/mol. The minimum Gasteiger partial charge on any atom is -0.348 e. The second-order valence-corrected chi connectivity index (χ2v) is 6.74. The van der Waals surface area contributed by atoms with Crippen LogP contribution in [0.1, 0.15) is 28.2 Å². The van der Waals surface area contributed by atoms with E-state index in [9.17, 15) is 0 Å². The van der Waals surface area contributed by atoms with Gasteiger partial charge >= 0.3 is 0 Å². The molecule has 0 unspecified atom stereocenters. The summed E-state index contributed by atoms with van der Waals surface area (Å²) in [6.07, 6.45) is 1.98. The van der Waals surface area contributed by atoms with E-state index in [1.807, 2.05) is 43.5 Å². The second kappa shape index (κ2) is 6.81. The average Bonchev–Trinajstić information content (AvgIpc) is 3.12. The minimum absolute atomic E-state index is 0.592. The van der Waals surface area contributed by atoms with Gasteiger partial charge in [-0.15, -0.1) is 0 Å². The number of nitrogens with zero attached hydrogens (tertiary/aromatic N) is 1. The standard InChI is InChI=1S/C23H19ClN2/c1-17-25-16-22(26-17)23(18-10-4-2-5-11-18,19-12-6-3-7-13-19)20-14-8-9-15-21(20)24/h2-16H,1H3,(H,25,26). The number of aromatic nitrogens is 2. The molecule has 4 rings (SSSR count). The highest BCUT2D eigenvalue weighted by molar-refractivity contribution is 6.31. The lowest BCUT2D eigenvalue weighted by Gasteiger charge is -2.35. The Bertz CT molecular complexity index is 967. The lowest BCUT2D eigenvalue weighted by Crippen LogP contribution is -2.31. The summed E-state index contributed by atoms with van der Waals surface area (Å²) in [6.45, 7) is 1.97. The van der Waals surface area contributed by atoms with Gasteiger partial charge in [0.15, 0.2) is 0 Å². The Hall–Kier alpha value is -2.84. The van der Waals surface area contributed by atoms with Gasteiger partial charge in [-0.25, -0.2) is 4.98 Å². The van der Waals surface area contributed by atoms with E-state index in [0.29, 0.717) is 0 Å². The number of rotatable bonds is 4. The van der Waals surface area contributed by atoms with Crippen molar-refractivity contribution in [2.24, 2.45) is 0 Å². The van der Waals surface area contributed by atoms with Crippen molar-refractivity contribution in [2.45, 2.75) is 12.3 Å². The molecule has 0 radical (unpaired) electrons. The van der Waals surface area contributed by atoms with E-state index in [2.05, 4.69) is 59.6 Å². The number of hydrogen-bond donors (Lipinski definition) is 1. The SMILES string of the molecule is Cc1nc(C(c2ccccc2)(c2ccccc2)c2ccccc2Cl)c[nH]1. The first kappa shape index (κ1) is 16.6. The third kappa shape index (κ3) is 2.63. The summed E-state index contributed by atoms with van der Waals surface area (Å²) in [7, 11) is 0. The normalized spacial score (nSPS) is 11.5. The van der Waals surface area contributed by atoms with E-state index in [0.717, 1.165) is 33.2 Å². The molecule has 0 amide bonds. The molecule has 0 bridgehead atoms. The average molecular weight is 359 g/mol. The van der Waals surface area contributed by atoms with Crippen molar-refractivity contribution in [1.82, 2.24) is 9.97 Å². The van der Waals surface area contributed by atoms with Crippen molar-refractivity contribution in [2.75, 3.05) is 0 Å². The molecule has 26 heavy (non-hydrogen) atoms. The van der Waals surface area contributed by atoms with Gasteiger partial charge in [0.1, 0.15) is 5.82 Å². The van der Waals surface area contributed by atoms with Crippen molar-refractivity contribution in [3.8, 4) is 0 Å². The third-order valence-electron chi connectivity index (χ3n) is 4.78. The zero-order valence-corrected chi connectivity index (χ0v) is 15.2. The summed E-state index contributed by atoms with van der Waals surface area (Å²) >= 11 is 6.73. The first-order valence-corrected chi connectivity index (χ1v) is 8.99. The molecule has 0 fully saturated rings. The smallest absolute Gasteiger partial charge is 0.103 e. The first-order chi connectivity index (χ1) is 12.7. The number of imidazole rings is 1. The molecule has 1 N–H and O–H groups in total. The summed E-state index contributed by atoms with van der Waals surface area (Å²) in [6, 6.07) is 28.9. The van der Waals surface area contributed by atoms with Crippen molar-refractivity contribution in [3.05, 3.63) is 124 Å². The van der Waals surface area contributed by atoms with Crippen LogP contribution >= 0.6 is 11.6 Å². The molecule has 3 heteroatoms. The van der Waals surface area contributed by atoms with E-state index in [4.69, 9.17) is 16.6 Å². The van der Waals surface area contributed by atoms with Crippen molar-refractivity contribution in [1.29, 1.82) is 0 Å². The summed E-state index contributed by atoms with van der Waals surface area (Å²) in [5.74, 6) is 0.878. The maximum absolute atomic E-state index is 6.73. The van der Waals surface area contributed by atoms with Crippen LogP contribution in [0.25, 0.3) is 0 Å². The monoisotopic (exact) mass is 358 g/mol. The second-order valence-electron chi connectivity index (χ2n) is 6.33. The summed E-state index contributed by atoms with van der Waals surface area (Å²) in [4.78, 5) is 8.09. The first-order valence-electron chi connectivity index (χ1n) is 8.61. The highest BCUT2D eigenvalue weighted by atomic mass is 35.5. The number of H-pyrrole nitrogens is 1. The maximum atomic E-state index is 6.73. The van der Waals surface area contributed by atoms with Crippen LogP contribution in [0.5, 0.6) is 0 Å². The molecule has 0 saturated heterocycles. The van der Waals surface area contributed by atoms with Crippen LogP contribution in [0, 0.1) is 6.92 Å². The Kier molecular flexibility index (Phi) is 4.36. The molecule has 0 aliphatic rings. The third-order valence-corrected chi connectivity index (χ3v) is 5.11. The van der Waals surface area contributed by atoms with Gasteiger partial charge < -0.3 is 4.98 Å². The maximum Gasteiger partial charge on any atom is 0.103 e. The molecule has 1 aromatic heterocycles. The van der Waals surface area contributed by atoms with E-state index in [1.165, 1.54) is 0 Å². The van der Waals surface area contributed by atoms with E-state index in [-0.39, 0.29) is 0 Å². The van der Waals surface area contributed by atoms with E-state index in [1.54, 1.807) is 0 Å². The van der Waals surface area contributed by atoms with Gasteiger partial charge in [0.25, 0.3) is 0 Å². The Labute approximate surface area is 158 Å². The van der Waals surface area contributed by atoms with Crippen LogP contribution in [0.2, 0.25) is 5.02 Å². The largest absolute Gasteiger partial charge is 0.348 e. The number of hydrogen-bond acceptors (Lipinski definition) is 1. The van der Waals surface area contributed by atoms with Gasteiger partial charge in [0, 0.05) is 11.2 Å². The van der Waals surface area contributed by atoms with Gasteiger partial charge in [-0.3, -0.25) is 0 Å². The lowest BCUT2D eigenvalue weighted by atomic mass is 9.67. The van der Waals surface area contributed by atoms with E-state index >= 15 is 0 Å². The van der Waals surface area contributed by atoms with Crippen molar-refractivity contribution >= 4 is 11.6 Å². The summed E-state index contributed by atoms with van der Waals surface area (Å²) < 4.78 is 0. The zero-order chi connectivity index (χ0) is 18.0. The van der Waals surface area contributed by atoms with Crippen LogP contribution in [0.15, 0.2) is 91.1 Å². The molecule has 4 aromatic rings. The molecule has 128 valence electrons. The van der Waals surface area contributed by atoms with Crippen LogP contribution in [0.4, 0.5) is 0 Å². The molecule has 1 heterocycles. The molecule has 0 aliphatic heterocycles. The highest BCUT2D eigenvalue weighted by Crippen LogP contribution is 2.46. The summed E-state index contributed by atoms with van der Waals surface area (Å²) in [5.41, 5.74) is 3.62. The zero-order valence-electron chi connectivity index (χ0n) is 14.5. The predicted octanol–water partition coefficient (Wildman–Crippen LogP) is 5.75. The Balaban J connectivity index is 2.16. The predicted molar refractivity (Wildman–Crippen MR) is 107 cm³/mol. The van der Waals surface area contributed by atoms with Crippen LogP contribution in [-0.2, 0) is 5.41 Å². The number of halogens is 1.